The molecule has 0 atom stereocenters. The van der Waals surface area contributed by atoms with Crippen LogP contribution in [0.5, 0.6) is 11.5 Å². The summed E-state index contributed by atoms with van der Waals surface area (Å²) in [7, 11) is 0. The van der Waals surface area contributed by atoms with Crippen molar-refractivity contribution in [1.29, 1.82) is 5.26 Å². The lowest BCUT2D eigenvalue weighted by Crippen LogP contribution is -2.13. The lowest BCUT2D eigenvalue weighted by molar-refractivity contribution is -0.139. The molecule has 0 fully saturated rings. The molecule has 1 amide bonds. The van der Waals surface area contributed by atoms with Crippen molar-refractivity contribution in [3.8, 4) is 17.6 Å². The molecule has 2 rings (SSSR count). The van der Waals surface area contributed by atoms with Crippen LogP contribution in [0.15, 0.2) is 35.9 Å². The van der Waals surface area contributed by atoms with Crippen molar-refractivity contribution in [1.82, 2.24) is 0 Å². The normalized spacial score (nSPS) is 10.8. The van der Waals surface area contributed by atoms with E-state index in [1.807, 2.05) is 54.6 Å². The van der Waals surface area contributed by atoms with E-state index in [-0.39, 0.29) is 5.57 Å². The zero-order valence-electron chi connectivity index (χ0n) is 16.8. The first-order chi connectivity index (χ1) is 14.2. The Kier molecular flexibility index (Phi) is 8.24. The molecule has 2 N–H and O–H groups in total. The van der Waals surface area contributed by atoms with E-state index in [2.05, 4.69) is 5.32 Å². The van der Waals surface area contributed by atoms with Crippen molar-refractivity contribution in [2.24, 2.45) is 0 Å². The van der Waals surface area contributed by atoms with Gasteiger partial charge in [0, 0.05) is 5.69 Å². The molecule has 0 aliphatic carbocycles. The van der Waals surface area contributed by atoms with E-state index in [1.54, 1.807) is 25.1 Å². The summed E-state index contributed by atoms with van der Waals surface area (Å²) in [5, 5.41) is 21.0. The van der Waals surface area contributed by atoms with Gasteiger partial charge < -0.3 is 19.9 Å². The molecule has 0 radical (unpaired) electrons. The third-order valence-electron chi connectivity index (χ3n) is 4.11. The van der Waals surface area contributed by atoms with Gasteiger partial charge in [-0.25, -0.2) is 4.79 Å². The summed E-state index contributed by atoms with van der Waals surface area (Å²) in [6.45, 7) is 5.53. The minimum Gasteiger partial charge on any atom is -0.490 e. The van der Waals surface area contributed by atoms with Gasteiger partial charge in [0.15, 0.2) is 18.1 Å². The number of nitriles is 1. The number of nitrogens with zero attached hydrogens (tertiary/aromatic N) is 1. The van der Waals surface area contributed by atoms with Crippen LogP contribution in [0.2, 0.25) is 0 Å². The Hall–Kier alpha value is -3.06. The predicted molar refractivity (Wildman–Crippen MR) is 122 cm³/mol. The van der Waals surface area contributed by atoms with E-state index in [9.17, 15) is 14.9 Å². The second-order valence-corrected chi connectivity index (χ2v) is 7.53. The number of anilines is 1. The molecule has 7 nitrogen and oxygen atoms in total. The van der Waals surface area contributed by atoms with Crippen molar-refractivity contribution in [3.05, 3.63) is 56.2 Å². The summed E-state index contributed by atoms with van der Waals surface area (Å²) < 4.78 is 11.5. The number of halogens is 1. The fourth-order valence-corrected chi connectivity index (χ4v) is 3.32. The quantitative estimate of drug-likeness (QED) is 0.305. The maximum atomic E-state index is 12.6. The van der Waals surface area contributed by atoms with E-state index in [0.29, 0.717) is 32.9 Å². The smallest absolute Gasteiger partial charge is 0.341 e. The van der Waals surface area contributed by atoms with E-state index in [1.165, 1.54) is 6.08 Å². The molecule has 0 saturated heterocycles. The summed E-state index contributed by atoms with van der Waals surface area (Å²) >= 11 is 1.99. The van der Waals surface area contributed by atoms with E-state index < -0.39 is 18.5 Å². The summed E-state index contributed by atoms with van der Waals surface area (Å²) in [4.78, 5) is 23.4. The standard InChI is InChI=1S/C22H21IN2O5/c1-4-29-19-10-15(9-18(23)21(19)30-12-20(26)27)8-16(11-24)22(28)25-17-6-5-13(2)14(3)7-17/h5-10H,4,12H2,1-3H3,(H,25,28)(H,26,27)/b16-8+. The number of carboxylic acid groups (broad SMARTS) is 1. The number of ether oxygens (including phenoxy) is 2. The number of rotatable bonds is 8. The lowest BCUT2D eigenvalue weighted by atomic mass is 10.1. The van der Waals surface area contributed by atoms with Crippen LogP contribution in [0.25, 0.3) is 6.08 Å². The Morgan fingerprint density at radius 1 is 1.20 bits per heavy atom. The summed E-state index contributed by atoms with van der Waals surface area (Å²) in [6, 6.07) is 10.7. The molecule has 30 heavy (non-hydrogen) atoms. The molecule has 156 valence electrons. The highest BCUT2D eigenvalue weighted by molar-refractivity contribution is 14.1. The molecule has 0 aliphatic heterocycles. The Labute approximate surface area is 188 Å². The molecular weight excluding hydrogens is 499 g/mol. The molecule has 0 spiro atoms. The molecule has 0 saturated carbocycles. The first-order valence-electron chi connectivity index (χ1n) is 9.06. The van der Waals surface area contributed by atoms with Crippen LogP contribution in [0.3, 0.4) is 0 Å². The molecule has 0 aromatic heterocycles. The zero-order chi connectivity index (χ0) is 22.3. The second-order valence-electron chi connectivity index (χ2n) is 6.37. The van der Waals surface area contributed by atoms with Gasteiger partial charge in [-0.2, -0.15) is 5.26 Å². The van der Waals surface area contributed by atoms with Crippen LogP contribution in [-0.2, 0) is 9.59 Å². The average Bonchev–Trinajstić information content (AvgIpc) is 2.68. The summed E-state index contributed by atoms with van der Waals surface area (Å²) in [6.07, 6.45) is 1.45. The molecule has 0 heterocycles. The number of hydrogen-bond acceptors (Lipinski definition) is 5. The van der Waals surface area contributed by atoms with Gasteiger partial charge in [-0.3, -0.25) is 4.79 Å². The second kappa shape index (κ2) is 10.6. The van der Waals surface area contributed by atoms with Gasteiger partial charge in [0.05, 0.1) is 10.2 Å². The van der Waals surface area contributed by atoms with Gasteiger partial charge in [-0.1, -0.05) is 6.07 Å². The molecular formula is C22H21IN2O5. The number of aryl methyl sites for hydroxylation is 2. The number of carbonyl (C=O) groups excluding carboxylic acids is 1. The Morgan fingerprint density at radius 2 is 1.93 bits per heavy atom. The van der Waals surface area contributed by atoms with Crippen LogP contribution in [0.1, 0.15) is 23.6 Å². The zero-order valence-corrected chi connectivity index (χ0v) is 18.9. The van der Waals surface area contributed by atoms with Crippen LogP contribution in [0.4, 0.5) is 5.69 Å². The van der Waals surface area contributed by atoms with Crippen LogP contribution in [-0.4, -0.2) is 30.2 Å². The highest BCUT2D eigenvalue weighted by Gasteiger charge is 2.15. The van der Waals surface area contributed by atoms with Crippen molar-refractivity contribution in [2.75, 3.05) is 18.5 Å². The lowest BCUT2D eigenvalue weighted by Gasteiger charge is -2.14. The fourth-order valence-electron chi connectivity index (χ4n) is 2.54. The van der Waals surface area contributed by atoms with Crippen LogP contribution >= 0.6 is 22.6 Å². The number of nitrogens with one attached hydrogen (secondary N) is 1. The SMILES string of the molecule is CCOc1cc(/C=C(\C#N)C(=O)Nc2ccc(C)c(C)c2)cc(I)c1OCC(=O)O. The number of aliphatic carboxylic acids is 1. The molecule has 2 aromatic rings. The highest BCUT2D eigenvalue weighted by Crippen LogP contribution is 2.35. The number of carboxylic acids is 1. The van der Waals surface area contributed by atoms with Crippen molar-refractivity contribution < 1.29 is 24.2 Å². The average molecular weight is 520 g/mol. The van der Waals surface area contributed by atoms with E-state index >= 15 is 0 Å². The maximum absolute atomic E-state index is 12.6. The minimum absolute atomic E-state index is 0.0781. The Morgan fingerprint density at radius 3 is 2.53 bits per heavy atom. The van der Waals surface area contributed by atoms with Crippen molar-refractivity contribution in [3.63, 3.8) is 0 Å². The number of hydrogen-bond donors (Lipinski definition) is 2. The van der Waals surface area contributed by atoms with Gasteiger partial charge in [0.2, 0.25) is 0 Å². The first kappa shape index (κ1) is 23.2. The Balaban J connectivity index is 2.33. The number of benzene rings is 2. The topological polar surface area (TPSA) is 109 Å². The summed E-state index contributed by atoms with van der Waals surface area (Å²) in [5.41, 5.74) is 3.21. The first-order valence-corrected chi connectivity index (χ1v) is 10.1. The minimum atomic E-state index is -1.10. The van der Waals surface area contributed by atoms with Crippen molar-refractivity contribution in [2.45, 2.75) is 20.8 Å². The van der Waals surface area contributed by atoms with Crippen molar-refractivity contribution >= 4 is 46.2 Å². The molecule has 8 heteroatoms. The summed E-state index contributed by atoms with van der Waals surface area (Å²) in [5.74, 6) is -0.995. The van der Waals surface area contributed by atoms with Gasteiger partial charge in [0.1, 0.15) is 11.6 Å². The fraction of sp³-hybridized carbons (Fsp3) is 0.227. The van der Waals surface area contributed by atoms with Crippen LogP contribution < -0.4 is 14.8 Å². The molecule has 0 aliphatic rings. The van der Waals surface area contributed by atoms with Gasteiger partial charge in [-0.05, 0) is 90.4 Å². The number of carbonyl (C=O) groups is 2. The van der Waals surface area contributed by atoms with Gasteiger partial charge >= 0.3 is 5.97 Å². The third-order valence-corrected chi connectivity index (χ3v) is 4.91. The molecule has 0 unspecified atom stereocenters. The predicted octanol–water partition coefficient (Wildman–Crippen LogP) is 4.32. The third kappa shape index (κ3) is 6.22. The maximum Gasteiger partial charge on any atom is 0.341 e. The molecule has 2 aromatic carbocycles. The van der Waals surface area contributed by atoms with E-state index in [0.717, 1.165) is 11.1 Å². The largest absolute Gasteiger partial charge is 0.490 e. The monoisotopic (exact) mass is 520 g/mol. The Bertz CT molecular complexity index is 1040. The number of amides is 1. The molecule has 0 bridgehead atoms. The van der Waals surface area contributed by atoms with E-state index in [4.69, 9.17) is 14.6 Å². The van der Waals surface area contributed by atoms with Gasteiger partial charge in [-0.15, -0.1) is 0 Å². The highest BCUT2D eigenvalue weighted by atomic mass is 127. The van der Waals surface area contributed by atoms with Gasteiger partial charge in [0.25, 0.3) is 5.91 Å². The van der Waals surface area contributed by atoms with Crippen LogP contribution in [0, 0.1) is 28.7 Å².